The minimum atomic E-state index is -0.495. The summed E-state index contributed by atoms with van der Waals surface area (Å²) < 4.78 is 26.9. The highest BCUT2D eigenvalue weighted by Crippen LogP contribution is 2.35. The Kier molecular flexibility index (Phi) is 6.15. The zero-order valence-electron chi connectivity index (χ0n) is 17.1. The van der Waals surface area contributed by atoms with Gasteiger partial charge in [-0.15, -0.1) is 0 Å². The van der Waals surface area contributed by atoms with E-state index in [2.05, 4.69) is 4.98 Å². The maximum absolute atomic E-state index is 14.8. The van der Waals surface area contributed by atoms with Crippen LogP contribution in [-0.2, 0) is 20.9 Å². The third kappa shape index (κ3) is 4.11. The number of nitrogens with zero attached hydrogens (tertiary/aromatic N) is 3. The monoisotopic (exact) mass is 441 g/mol. The van der Waals surface area contributed by atoms with Crippen LogP contribution >= 0.6 is 11.6 Å². The maximum atomic E-state index is 14.8. The molecule has 4 rings (SSSR count). The number of carbonyl (C=O) groups is 1. The van der Waals surface area contributed by atoms with Crippen LogP contribution in [-0.4, -0.2) is 35.5 Å². The molecule has 2 aromatic carbocycles. The zero-order chi connectivity index (χ0) is 22.0. The average molecular weight is 442 g/mol. The molecular weight excluding hydrogens is 421 g/mol. The van der Waals surface area contributed by atoms with Gasteiger partial charge in [0.25, 0.3) is 0 Å². The number of hydrogen-bond acceptors (Lipinski definition) is 5. The normalized spacial score (nSPS) is 15.0. The van der Waals surface area contributed by atoms with Gasteiger partial charge < -0.3 is 9.47 Å². The van der Waals surface area contributed by atoms with Crippen LogP contribution in [0.1, 0.15) is 41.5 Å². The van der Waals surface area contributed by atoms with Gasteiger partial charge in [-0.1, -0.05) is 23.7 Å². The molecule has 31 heavy (non-hydrogen) atoms. The topological polar surface area (TPSA) is 65.7 Å². The second kappa shape index (κ2) is 8.99. The Morgan fingerprint density at radius 1 is 1.19 bits per heavy atom. The molecule has 8 heteroatoms. The predicted molar refractivity (Wildman–Crippen MR) is 115 cm³/mol. The van der Waals surface area contributed by atoms with E-state index in [1.807, 2.05) is 10.6 Å². The molecule has 0 saturated carbocycles. The van der Waals surface area contributed by atoms with Crippen molar-refractivity contribution in [3.8, 4) is 5.69 Å². The molecule has 1 aliphatic rings. The van der Waals surface area contributed by atoms with Crippen LogP contribution in [0.2, 0.25) is 5.02 Å². The van der Waals surface area contributed by atoms with E-state index in [1.165, 1.54) is 13.2 Å². The lowest BCUT2D eigenvalue weighted by atomic mass is 9.99. The number of hydrogen-bond donors (Lipinski definition) is 0. The molecule has 0 unspecified atom stereocenters. The second-order valence-electron chi connectivity index (χ2n) is 7.13. The first-order valence-electron chi connectivity index (χ1n) is 9.78. The third-order valence-corrected chi connectivity index (χ3v) is 5.41. The van der Waals surface area contributed by atoms with E-state index in [-0.39, 0.29) is 12.4 Å². The van der Waals surface area contributed by atoms with Crippen molar-refractivity contribution in [3.63, 3.8) is 0 Å². The van der Waals surface area contributed by atoms with E-state index in [0.717, 1.165) is 11.4 Å². The van der Waals surface area contributed by atoms with Gasteiger partial charge in [0, 0.05) is 29.7 Å². The standard InChI is InChI=1S/C23H21ClFN3O3/c1-30-13-15-12-26-23-19(8-10-21(29)31-2)27-22(16-5-3-4-6-18(16)25)17-11-14(24)7-9-20(17)28(15)23/h3-7,9,11-12,19H,8,10,13H2,1-2H3/t19-/m0/s1. The van der Waals surface area contributed by atoms with Crippen LogP contribution in [0.5, 0.6) is 0 Å². The third-order valence-electron chi connectivity index (χ3n) is 5.17. The Bertz CT molecular complexity index is 1160. The molecule has 3 aromatic rings. The quantitative estimate of drug-likeness (QED) is 0.522. The van der Waals surface area contributed by atoms with Gasteiger partial charge in [0.1, 0.15) is 17.7 Å². The predicted octanol–water partition coefficient (Wildman–Crippen LogP) is 4.66. The number of aromatic nitrogens is 2. The molecule has 6 nitrogen and oxygen atoms in total. The highest BCUT2D eigenvalue weighted by atomic mass is 35.5. The second-order valence-corrected chi connectivity index (χ2v) is 7.56. The molecule has 0 saturated heterocycles. The van der Waals surface area contributed by atoms with E-state index in [1.54, 1.807) is 43.6 Å². The Balaban J connectivity index is 1.96. The summed E-state index contributed by atoms with van der Waals surface area (Å²) in [5.41, 5.74) is 3.07. The van der Waals surface area contributed by atoms with Gasteiger partial charge in [-0.25, -0.2) is 9.37 Å². The number of halogens is 2. The molecule has 160 valence electrons. The molecule has 1 aromatic heterocycles. The van der Waals surface area contributed by atoms with Crippen LogP contribution in [0.25, 0.3) is 5.69 Å². The van der Waals surface area contributed by atoms with Crippen molar-refractivity contribution >= 4 is 23.3 Å². The summed E-state index contributed by atoms with van der Waals surface area (Å²) in [6, 6.07) is 11.4. The molecule has 0 bridgehead atoms. The van der Waals surface area contributed by atoms with Gasteiger partial charge in [-0.2, -0.15) is 0 Å². The molecule has 0 fully saturated rings. The SMILES string of the molecule is COCc1cnc2n1-c1ccc(Cl)cc1C(c1ccccc1F)=N[C@H]2CCC(=O)OC. The van der Waals surface area contributed by atoms with Gasteiger partial charge in [0.05, 0.1) is 37.0 Å². The number of rotatable bonds is 6. The van der Waals surface area contributed by atoms with Crippen molar-refractivity contribution in [2.24, 2.45) is 4.99 Å². The summed E-state index contributed by atoms with van der Waals surface area (Å²) in [6.45, 7) is 0.327. The molecule has 2 heterocycles. The molecule has 1 atom stereocenters. The highest BCUT2D eigenvalue weighted by molar-refractivity contribution is 6.31. The van der Waals surface area contributed by atoms with Gasteiger partial charge in [-0.05, 0) is 36.8 Å². The van der Waals surface area contributed by atoms with Crippen molar-refractivity contribution in [2.75, 3.05) is 14.2 Å². The molecule has 1 aliphatic heterocycles. The maximum Gasteiger partial charge on any atom is 0.305 e. The van der Waals surface area contributed by atoms with E-state index >= 15 is 0 Å². The summed E-state index contributed by atoms with van der Waals surface area (Å²) in [4.78, 5) is 21.3. The van der Waals surface area contributed by atoms with Crippen molar-refractivity contribution in [1.82, 2.24) is 9.55 Å². The first-order valence-corrected chi connectivity index (χ1v) is 10.2. The summed E-state index contributed by atoms with van der Waals surface area (Å²) in [5.74, 6) is -0.0934. The Hall–Kier alpha value is -3.03. The van der Waals surface area contributed by atoms with Crippen LogP contribution in [0.4, 0.5) is 4.39 Å². The summed E-state index contributed by atoms with van der Waals surface area (Å²) >= 11 is 6.32. The molecule has 0 amide bonds. The summed E-state index contributed by atoms with van der Waals surface area (Å²) in [6.07, 6.45) is 2.24. The lowest BCUT2D eigenvalue weighted by molar-refractivity contribution is -0.140. The summed E-state index contributed by atoms with van der Waals surface area (Å²) in [5, 5.41) is 0.505. The molecule has 0 aliphatic carbocycles. The molecule has 0 N–H and O–H groups in total. The molecular formula is C23H21ClFN3O3. The average Bonchev–Trinajstić information content (AvgIpc) is 3.12. The van der Waals surface area contributed by atoms with Crippen molar-refractivity contribution in [1.29, 1.82) is 0 Å². The van der Waals surface area contributed by atoms with Gasteiger partial charge >= 0.3 is 5.97 Å². The Labute approximate surface area is 184 Å². The van der Waals surface area contributed by atoms with Crippen molar-refractivity contribution < 1.29 is 18.7 Å². The first-order chi connectivity index (χ1) is 15.0. The minimum absolute atomic E-state index is 0.152. The number of carbonyl (C=O) groups excluding carboxylic acids is 1. The van der Waals surface area contributed by atoms with E-state index in [0.29, 0.717) is 40.7 Å². The van der Waals surface area contributed by atoms with Gasteiger partial charge in [0.2, 0.25) is 0 Å². The molecule has 0 spiro atoms. The van der Waals surface area contributed by atoms with Crippen molar-refractivity contribution in [3.05, 3.63) is 82.1 Å². The van der Waals surface area contributed by atoms with Crippen LogP contribution in [0.3, 0.4) is 0 Å². The number of imidazole rings is 1. The van der Waals surface area contributed by atoms with E-state index < -0.39 is 11.9 Å². The van der Waals surface area contributed by atoms with E-state index in [4.69, 9.17) is 26.1 Å². The fourth-order valence-corrected chi connectivity index (χ4v) is 3.93. The van der Waals surface area contributed by atoms with Gasteiger partial charge in [-0.3, -0.25) is 14.4 Å². The fourth-order valence-electron chi connectivity index (χ4n) is 3.76. The van der Waals surface area contributed by atoms with Crippen LogP contribution in [0.15, 0.2) is 53.7 Å². The molecule has 0 radical (unpaired) electrons. The lowest BCUT2D eigenvalue weighted by Crippen LogP contribution is -2.11. The first kappa shape index (κ1) is 21.2. The zero-order valence-corrected chi connectivity index (χ0v) is 17.9. The number of esters is 1. The number of benzene rings is 2. The summed E-state index contributed by atoms with van der Waals surface area (Å²) in [7, 11) is 2.95. The Morgan fingerprint density at radius 2 is 2.00 bits per heavy atom. The number of fused-ring (bicyclic) bond motifs is 3. The largest absolute Gasteiger partial charge is 0.469 e. The number of methoxy groups -OCH3 is 2. The Morgan fingerprint density at radius 3 is 2.74 bits per heavy atom. The van der Waals surface area contributed by atoms with Crippen LogP contribution in [0, 0.1) is 5.82 Å². The lowest BCUT2D eigenvalue weighted by Gasteiger charge is -2.15. The highest BCUT2D eigenvalue weighted by Gasteiger charge is 2.29. The smallest absolute Gasteiger partial charge is 0.305 e. The van der Waals surface area contributed by atoms with Crippen LogP contribution < -0.4 is 0 Å². The number of aliphatic imine (C=N–C) groups is 1. The number of ether oxygens (including phenoxy) is 2. The minimum Gasteiger partial charge on any atom is -0.469 e. The van der Waals surface area contributed by atoms with E-state index in [9.17, 15) is 9.18 Å². The van der Waals surface area contributed by atoms with Crippen molar-refractivity contribution in [2.45, 2.75) is 25.5 Å². The fraction of sp³-hybridized carbons (Fsp3) is 0.261. The van der Waals surface area contributed by atoms with Gasteiger partial charge in [0.15, 0.2) is 0 Å².